The maximum absolute atomic E-state index is 12.6. The molecule has 7 nitrogen and oxygen atoms in total. The number of nitrogens with zero attached hydrogens (tertiary/aromatic N) is 2. The molecule has 1 aliphatic heterocycles. The highest BCUT2D eigenvalue weighted by Gasteiger charge is 2.41. The highest BCUT2D eigenvalue weighted by atomic mass is 32.2. The van der Waals surface area contributed by atoms with Crippen LogP contribution in [-0.4, -0.2) is 50.1 Å². The van der Waals surface area contributed by atoms with Gasteiger partial charge >= 0.3 is 5.97 Å². The van der Waals surface area contributed by atoms with Crippen molar-refractivity contribution in [2.75, 3.05) is 20.3 Å². The van der Waals surface area contributed by atoms with E-state index in [2.05, 4.69) is 0 Å². The molecule has 0 aliphatic carbocycles. The number of carbonyl (C=O) groups is 1. The fraction of sp³-hybridized carbons (Fsp3) is 0.385. The van der Waals surface area contributed by atoms with Crippen molar-refractivity contribution < 1.29 is 23.1 Å². The molecule has 1 aliphatic rings. The number of ether oxygens (including phenoxy) is 1. The lowest BCUT2D eigenvalue weighted by Gasteiger charge is -2.25. The summed E-state index contributed by atoms with van der Waals surface area (Å²) in [7, 11) is -2.66. The lowest BCUT2D eigenvalue weighted by atomic mass is 10.1. The van der Waals surface area contributed by atoms with E-state index in [1.807, 2.05) is 6.07 Å². The summed E-state index contributed by atoms with van der Waals surface area (Å²) < 4.78 is 31.3. The molecule has 1 N–H and O–H groups in total. The van der Waals surface area contributed by atoms with Crippen LogP contribution in [0.15, 0.2) is 29.2 Å². The van der Waals surface area contributed by atoms with Crippen LogP contribution >= 0.6 is 0 Å². The van der Waals surface area contributed by atoms with Gasteiger partial charge in [-0.15, -0.1) is 0 Å². The van der Waals surface area contributed by atoms with Crippen molar-refractivity contribution >= 4 is 16.0 Å². The normalized spacial score (nSPS) is 22.1. The summed E-state index contributed by atoms with van der Waals surface area (Å²) >= 11 is 0. The predicted octanol–water partition coefficient (Wildman–Crippen LogP) is 0.278. The zero-order chi connectivity index (χ0) is 15.6. The Hall–Kier alpha value is -1.95. The molecule has 0 bridgehead atoms. The number of sulfonamides is 1. The summed E-state index contributed by atoms with van der Waals surface area (Å²) in [6.45, 7) is -0.0127. The number of nitriles is 1. The molecular formula is C13H14N2O5S. The van der Waals surface area contributed by atoms with Crippen LogP contribution in [0.5, 0.6) is 0 Å². The maximum atomic E-state index is 12.6. The maximum Gasteiger partial charge on any atom is 0.310 e. The van der Waals surface area contributed by atoms with Gasteiger partial charge in [-0.05, 0) is 12.1 Å². The quantitative estimate of drug-likeness (QED) is 0.855. The van der Waals surface area contributed by atoms with Crippen LogP contribution in [0.4, 0.5) is 0 Å². The summed E-state index contributed by atoms with van der Waals surface area (Å²) in [4.78, 5) is 11.0. The van der Waals surface area contributed by atoms with Gasteiger partial charge in [0.1, 0.15) is 6.07 Å². The average Bonchev–Trinajstić information content (AvgIpc) is 2.95. The van der Waals surface area contributed by atoms with Gasteiger partial charge in [-0.2, -0.15) is 9.57 Å². The van der Waals surface area contributed by atoms with Gasteiger partial charge in [0.15, 0.2) is 0 Å². The Morgan fingerprint density at radius 3 is 2.71 bits per heavy atom. The number of carboxylic acid groups (broad SMARTS) is 1. The van der Waals surface area contributed by atoms with Gasteiger partial charge in [-0.3, -0.25) is 4.79 Å². The van der Waals surface area contributed by atoms with Crippen molar-refractivity contribution in [2.24, 2.45) is 5.92 Å². The van der Waals surface area contributed by atoms with E-state index >= 15 is 0 Å². The fourth-order valence-electron chi connectivity index (χ4n) is 2.25. The molecule has 8 heteroatoms. The molecule has 21 heavy (non-hydrogen) atoms. The Labute approximate surface area is 122 Å². The Morgan fingerprint density at radius 2 is 2.10 bits per heavy atom. The smallest absolute Gasteiger partial charge is 0.310 e. The molecule has 1 aromatic rings. The van der Waals surface area contributed by atoms with Gasteiger partial charge in [0.25, 0.3) is 0 Å². The molecule has 1 saturated heterocycles. The highest BCUT2D eigenvalue weighted by Crippen LogP contribution is 2.26. The van der Waals surface area contributed by atoms with Crippen LogP contribution in [0.1, 0.15) is 5.56 Å². The van der Waals surface area contributed by atoms with E-state index in [-0.39, 0.29) is 23.7 Å². The molecule has 1 aromatic carbocycles. The number of benzene rings is 1. The SMILES string of the molecule is CN(C1COCC1C(=O)O)S(=O)(=O)c1ccccc1C#N. The number of hydrogen-bond acceptors (Lipinski definition) is 5. The summed E-state index contributed by atoms with van der Waals surface area (Å²) in [5.74, 6) is -2.02. The minimum atomic E-state index is -3.96. The topological polar surface area (TPSA) is 108 Å². The first-order valence-corrected chi connectivity index (χ1v) is 7.61. The molecule has 0 amide bonds. The monoisotopic (exact) mass is 310 g/mol. The van der Waals surface area contributed by atoms with Crippen LogP contribution in [0.3, 0.4) is 0 Å². The van der Waals surface area contributed by atoms with Crippen molar-refractivity contribution in [1.29, 1.82) is 5.26 Å². The summed E-state index contributed by atoms with van der Waals surface area (Å²) in [6.07, 6.45) is 0. The van der Waals surface area contributed by atoms with Gasteiger partial charge < -0.3 is 9.84 Å². The third kappa shape index (κ3) is 2.76. The molecule has 0 radical (unpaired) electrons. The molecule has 2 atom stereocenters. The van der Waals surface area contributed by atoms with E-state index in [1.54, 1.807) is 6.07 Å². The summed E-state index contributed by atoms with van der Waals surface area (Å²) in [5.41, 5.74) is 0.0233. The molecule has 0 spiro atoms. The van der Waals surface area contributed by atoms with Gasteiger partial charge in [0.05, 0.1) is 35.6 Å². The first-order chi connectivity index (χ1) is 9.89. The van der Waals surface area contributed by atoms with E-state index in [9.17, 15) is 13.2 Å². The van der Waals surface area contributed by atoms with Gasteiger partial charge in [-0.1, -0.05) is 12.1 Å². The second kappa shape index (κ2) is 5.81. The number of likely N-dealkylation sites (N-methyl/N-ethyl adjacent to an activating group) is 1. The van der Waals surface area contributed by atoms with E-state index in [0.29, 0.717) is 0 Å². The number of hydrogen-bond donors (Lipinski definition) is 1. The largest absolute Gasteiger partial charge is 0.481 e. The van der Waals surface area contributed by atoms with Gasteiger partial charge in [-0.25, -0.2) is 8.42 Å². The molecule has 2 unspecified atom stereocenters. The first-order valence-electron chi connectivity index (χ1n) is 6.17. The summed E-state index contributed by atoms with van der Waals surface area (Å²) in [5, 5.41) is 18.1. The Morgan fingerprint density at radius 1 is 1.43 bits per heavy atom. The Kier molecular flexibility index (Phi) is 4.27. The van der Waals surface area contributed by atoms with Gasteiger partial charge in [0, 0.05) is 7.05 Å². The van der Waals surface area contributed by atoms with Crippen molar-refractivity contribution in [3.05, 3.63) is 29.8 Å². The molecular weight excluding hydrogens is 296 g/mol. The lowest BCUT2D eigenvalue weighted by molar-refractivity contribution is -0.142. The van der Waals surface area contributed by atoms with E-state index in [4.69, 9.17) is 15.1 Å². The Bertz CT molecular complexity index is 695. The standard InChI is InChI=1S/C13H14N2O5S/c1-15(11-8-20-7-10(11)13(16)17)21(18,19)12-5-3-2-4-9(12)6-14/h2-5,10-11H,7-8H2,1H3,(H,16,17). The third-order valence-electron chi connectivity index (χ3n) is 3.50. The molecule has 0 saturated carbocycles. The van der Waals surface area contributed by atoms with Crippen molar-refractivity contribution in [2.45, 2.75) is 10.9 Å². The van der Waals surface area contributed by atoms with E-state index in [1.165, 1.54) is 25.2 Å². The number of carboxylic acids is 1. The van der Waals surface area contributed by atoms with Crippen LogP contribution < -0.4 is 0 Å². The molecule has 112 valence electrons. The number of aliphatic carboxylic acids is 1. The molecule has 0 aromatic heterocycles. The predicted molar refractivity (Wildman–Crippen MR) is 71.8 cm³/mol. The Balaban J connectivity index is 2.40. The van der Waals surface area contributed by atoms with Crippen molar-refractivity contribution in [1.82, 2.24) is 4.31 Å². The lowest BCUT2D eigenvalue weighted by Crippen LogP contribution is -2.44. The van der Waals surface area contributed by atoms with Gasteiger partial charge in [0.2, 0.25) is 10.0 Å². The molecule has 1 heterocycles. The number of rotatable bonds is 4. The first kappa shape index (κ1) is 15.4. The highest BCUT2D eigenvalue weighted by molar-refractivity contribution is 7.89. The van der Waals surface area contributed by atoms with Crippen LogP contribution in [-0.2, 0) is 19.6 Å². The van der Waals surface area contributed by atoms with E-state index < -0.39 is 28.0 Å². The fourth-order valence-corrected chi connectivity index (χ4v) is 3.77. The third-order valence-corrected chi connectivity index (χ3v) is 5.44. The van der Waals surface area contributed by atoms with Crippen LogP contribution in [0, 0.1) is 17.2 Å². The van der Waals surface area contributed by atoms with Crippen molar-refractivity contribution in [3.8, 4) is 6.07 Å². The van der Waals surface area contributed by atoms with Crippen LogP contribution in [0.25, 0.3) is 0 Å². The second-order valence-corrected chi connectivity index (χ2v) is 6.64. The minimum absolute atomic E-state index is 0.0153. The average molecular weight is 310 g/mol. The van der Waals surface area contributed by atoms with Crippen LogP contribution in [0.2, 0.25) is 0 Å². The van der Waals surface area contributed by atoms with Crippen molar-refractivity contribution in [3.63, 3.8) is 0 Å². The summed E-state index contributed by atoms with van der Waals surface area (Å²) in [6, 6.07) is 6.85. The second-order valence-electron chi connectivity index (χ2n) is 4.68. The minimum Gasteiger partial charge on any atom is -0.481 e. The zero-order valence-corrected chi connectivity index (χ0v) is 12.1. The molecule has 1 fully saturated rings. The van der Waals surface area contributed by atoms with E-state index in [0.717, 1.165) is 4.31 Å². The molecule has 2 rings (SSSR count). The zero-order valence-electron chi connectivity index (χ0n) is 11.3.